The molecule has 1 unspecified atom stereocenters. The second-order valence-electron chi connectivity index (χ2n) is 7.79. The zero-order valence-corrected chi connectivity index (χ0v) is 19.0. The number of aromatic nitrogens is 4. The van der Waals surface area contributed by atoms with Gasteiger partial charge in [-0.25, -0.2) is 9.55 Å². The molecule has 2 aromatic heterocycles. The SMILES string of the molecule is COc1nc(N)nc2c1ncn2[C@H]1C[C@@H](COP(=O)(N[C@@H](C)C(=O)O)Oc2ccccc2)C1. The first-order valence-corrected chi connectivity index (χ1v) is 11.9. The maximum absolute atomic E-state index is 13.3. The summed E-state index contributed by atoms with van der Waals surface area (Å²) in [6.07, 6.45) is 3.11. The molecule has 0 radical (unpaired) electrons. The van der Waals surface area contributed by atoms with Crippen molar-refractivity contribution in [2.24, 2.45) is 5.92 Å². The third kappa shape index (κ3) is 5.08. The highest BCUT2D eigenvalue weighted by Crippen LogP contribution is 2.48. The Hall–Kier alpha value is -3.21. The zero-order chi connectivity index (χ0) is 23.6. The summed E-state index contributed by atoms with van der Waals surface area (Å²) in [5.41, 5.74) is 6.89. The van der Waals surface area contributed by atoms with E-state index in [2.05, 4.69) is 20.0 Å². The van der Waals surface area contributed by atoms with E-state index < -0.39 is 19.8 Å². The predicted octanol–water partition coefficient (Wildman–Crippen LogP) is 2.63. The summed E-state index contributed by atoms with van der Waals surface area (Å²) < 4.78 is 31.6. The molecule has 0 saturated heterocycles. The summed E-state index contributed by atoms with van der Waals surface area (Å²) in [6.45, 7) is 1.51. The van der Waals surface area contributed by atoms with Crippen LogP contribution >= 0.6 is 7.75 Å². The van der Waals surface area contributed by atoms with Crippen molar-refractivity contribution in [1.29, 1.82) is 0 Å². The van der Waals surface area contributed by atoms with Gasteiger partial charge in [0.25, 0.3) is 0 Å². The number of ether oxygens (including phenoxy) is 1. The Bertz CT molecular complexity index is 1180. The van der Waals surface area contributed by atoms with Crippen LogP contribution in [0.1, 0.15) is 25.8 Å². The number of benzene rings is 1. The van der Waals surface area contributed by atoms with Gasteiger partial charge in [-0.1, -0.05) is 18.2 Å². The van der Waals surface area contributed by atoms with Crippen LogP contribution in [0, 0.1) is 5.92 Å². The molecule has 1 aromatic carbocycles. The molecule has 2 atom stereocenters. The van der Waals surface area contributed by atoms with Crippen molar-refractivity contribution >= 4 is 30.8 Å². The minimum atomic E-state index is -3.92. The van der Waals surface area contributed by atoms with Crippen LogP contribution in [-0.2, 0) is 13.9 Å². The van der Waals surface area contributed by atoms with E-state index in [1.54, 1.807) is 36.7 Å². The van der Waals surface area contributed by atoms with E-state index >= 15 is 0 Å². The molecule has 0 amide bonds. The Labute approximate surface area is 189 Å². The molecule has 1 aliphatic carbocycles. The Morgan fingerprint density at radius 1 is 1.33 bits per heavy atom. The molecule has 176 valence electrons. The molecule has 12 nitrogen and oxygen atoms in total. The predicted molar refractivity (Wildman–Crippen MR) is 119 cm³/mol. The number of rotatable bonds is 10. The van der Waals surface area contributed by atoms with Crippen molar-refractivity contribution in [2.75, 3.05) is 19.5 Å². The highest BCUT2D eigenvalue weighted by atomic mass is 31.2. The quantitative estimate of drug-likeness (QED) is 0.368. The minimum absolute atomic E-state index is 0.0863. The number of hydrogen-bond acceptors (Lipinski definition) is 9. The first-order chi connectivity index (χ1) is 15.8. The monoisotopic (exact) mass is 476 g/mol. The van der Waals surface area contributed by atoms with Crippen molar-refractivity contribution in [3.8, 4) is 11.6 Å². The Morgan fingerprint density at radius 3 is 2.73 bits per heavy atom. The smallest absolute Gasteiger partial charge is 0.459 e. The zero-order valence-electron chi connectivity index (χ0n) is 18.1. The molecular formula is C20H25N6O6P. The van der Waals surface area contributed by atoms with E-state index in [4.69, 9.17) is 19.5 Å². The molecule has 33 heavy (non-hydrogen) atoms. The van der Waals surface area contributed by atoms with Crippen molar-refractivity contribution in [1.82, 2.24) is 24.6 Å². The number of nitrogens with zero attached hydrogens (tertiary/aromatic N) is 4. The van der Waals surface area contributed by atoms with Crippen molar-refractivity contribution in [3.05, 3.63) is 36.7 Å². The van der Waals surface area contributed by atoms with Crippen LogP contribution in [0.5, 0.6) is 11.6 Å². The summed E-state index contributed by atoms with van der Waals surface area (Å²) in [5.74, 6) is -0.356. The average molecular weight is 476 g/mol. The van der Waals surface area contributed by atoms with E-state index in [0.717, 1.165) is 12.8 Å². The fraction of sp³-hybridized carbons (Fsp3) is 0.400. The van der Waals surface area contributed by atoms with E-state index in [1.807, 2.05) is 4.57 Å². The Kier molecular flexibility index (Phi) is 6.50. The highest BCUT2D eigenvalue weighted by Gasteiger charge is 2.37. The molecule has 13 heteroatoms. The maximum atomic E-state index is 13.3. The van der Waals surface area contributed by atoms with Gasteiger partial charge in [-0.2, -0.15) is 15.1 Å². The molecule has 0 bridgehead atoms. The molecule has 1 fully saturated rings. The lowest BCUT2D eigenvalue weighted by atomic mass is 9.81. The fourth-order valence-electron chi connectivity index (χ4n) is 3.59. The van der Waals surface area contributed by atoms with Gasteiger partial charge in [-0.15, -0.1) is 0 Å². The number of anilines is 1. The van der Waals surface area contributed by atoms with Gasteiger partial charge in [-0.3, -0.25) is 9.32 Å². The van der Waals surface area contributed by atoms with E-state index in [9.17, 15) is 14.5 Å². The number of nitrogen functional groups attached to an aromatic ring is 1. The van der Waals surface area contributed by atoms with Crippen LogP contribution in [0.2, 0.25) is 0 Å². The van der Waals surface area contributed by atoms with Gasteiger partial charge in [0.05, 0.1) is 20.0 Å². The van der Waals surface area contributed by atoms with Gasteiger partial charge in [0.1, 0.15) is 11.8 Å². The molecule has 2 heterocycles. The second-order valence-corrected chi connectivity index (χ2v) is 9.49. The van der Waals surface area contributed by atoms with Gasteiger partial charge in [-0.05, 0) is 37.8 Å². The topological polar surface area (TPSA) is 164 Å². The second kappa shape index (κ2) is 9.34. The maximum Gasteiger partial charge on any atom is 0.459 e. The molecule has 4 rings (SSSR count). The summed E-state index contributed by atoms with van der Waals surface area (Å²) in [7, 11) is -2.43. The largest absolute Gasteiger partial charge is 0.480 e. The number of aliphatic carboxylic acids is 1. The highest BCUT2D eigenvalue weighted by molar-refractivity contribution is 7.52. The van der Waals surface area contributed by atoms with Crippen LogP contribution < -0.4 is 20.1 Å². The number of methoxy groups -OCH3 is 1. The minimum Gasteiger partial charge on any atom is -0.480 e. The molecule has 1 aliphatic rings. The number of para-hydroxylation sites is 1. The molecule has 3 aromatic rings. The summed E-state index contributed by atoms with van der Waals surface area (Å²) >= 11 is 0. The lowest BCUT2D eigenvalue weighted by Crippen LogP contribution is -2.35. The molecule has 0 aliphatic heterocycles. The summed E-state index contributed by atoms with van der Waals surface area (Å²) in [6, 6.07) is 7.45. The summed E-state index contributed by atoms with van der Waals surface area (Å²) in [4.78, 5) is 23.9. The van der Waals surface area contributed by atoms with E-state index in [1.165, 1.54) is 14.0 Å². The molecular weight excluding hydrogens is 451 g/mol. The van der Waals surface area contributed by atoms with E-state index in [-0.39, 0.29) is 24.5 Å². The number of carboxylic acids is 1. The van der Waals surface area contributed by atoms with Crippen LogP contribution in [-0.4, -0.2) is 50.4 Å². The third-order valence-corrected chi connectivity index (χ3v) is 7.02. The van der Waals surface area contributed by atoms with E-state index in [0.29, 0.717) is 22.8 Å². The standard InChI is InChI=1S/C20H25N6O6P/c1-12(19(27)28)25-33(29,32-15-6-4-3-5-7-15)31-10-13-8-14(9-13)26-11-22-16-17(26)23-20(21)24-18(16)30-2/h3-7,11-14H,8-10H2,1-2H3,(H,25,29)(H,27,28)(H2,21,23,24)/t12-,13-,14+,33?/m0/s1. The Morgan fingerprint density at radius 2 is 2.06 bits per heavy atom. The van der Waals surface area contributed by atoms with Crippen LogP contribution in [0.15, 0.2) is 36.7 Å². The van der Waals surface area contributed by atoms with Gasteiger partial charge in [0.2, 0.25) is 11.8 Å². The lowest BCUT2D eigenvalue weighted by molar-refractivity contribution is -0.138. The van der Waals surface area contributed by atoms with Gasteiger partial charge < -0.3 is 24.7 Å². The first kappa shape index (κ1) is 23.0. The van der Waals surface area contributed by atoms with Crippen molar-refractivity contribution in [3.63, 3.8) is 0 Å². The van der Waals surface area contributed by atoms with Crippen molar-refractivity contribution < 1.29 is 28.3 Å². The van der Waals surface area contributed by atoms with Gasteiger partial charge in [0, 0.05) is 6.04 Å². The number of hydrogen-bond donors (Lipinski definition) is 3. The lowest BCUT2D eigenvalue weighted by Gasteiger charge is -2.36. The number of nitrogens with two attached hydrogens (primary N) is 1. The van der Waals surface area contributed by atoms with Crippen LogP contribution in [0.4, 0.5) is 5.95 Å². The summed E-state index contributed by atoms with van der Waals surface area (Å²) in [5, 5.41) is 11.7. The van der Waals surface area contributed by atoms with Gasteiger partial charge >= 0.3 is 13.7 Å². The number of carbonyl (C=O) groups is 1. The fourth-order valence-corrected chi connectivity index (χ4v) is 5.16. The normalized spacial score (nSPS) is 20.5. The van der Waals surface area contributed by atoms with Crippen LogP contribution in [0.25, 0.3) is 11.2 Å². The first-order valence-electron chi connectivity index (χ1n) is 10.3. The molecule has 0 spiro atoms. The number of carboxylic acid groups (broad SMARTS) is 1. The van der Waals surface area contributed by atoms with Crippen LogP contribution in [0.3, 0.4) is 0 Å². The molecule has 1 saturated carbocycles. The third-order valence-electron chi connectivity index (χ3n) is 5.38. The average Bonchev–Trinajstić information content (AvgIpc) is 3.16. The Balaban J connectivity index is 1.41. The van der Waals surface area contributed by atoms with Gasteiger partial charge in [0.15, 0.2) is 11.2 Å². The molecule has 4 N–H and O–H groups in total. The number of imidazole rings is 1. The number of fused-ring (bicyclic) bond motifs is 1. The van der Waals surface area contributed by atoms with Crippen molar-refractivity contribution in [2.45, 2.75) is 31.8 Å². The number of nitrogens with one attached hydrogen (secondary N) is 1.